The minimum absolute atomic E-state index is 0.0577. The molecule has 3 rings (SSSR count). The second-order valence-electron chi connectivity index (χ2n) is 5.42. The molecule has 1 fully saturated rings. The number of hydrogen-bond acceptors (Lipinski definition) is 6. The number of nitrogen functional groups attached to an aromatic ring is 1. The molecule has 1 atom stereocenters. The van der Waals surface area contributed by atoms with Crippen LogP contribution in [0.2, 0.25) is 0 Å². The highest BCUT2D eigenvalue weighted by Crippen LogP contribution is 2.35. The van der Waals surface area contributed by atoms with Crippen molar-refractivity contribution in [2.45, 2.75) is 12.3 Å². The predicted octanol–water partition coefficient (Wildman–Crippen LogP) is 2.42. The molecular formula is C17H17N3O3. The largest absolute Gasteiger partial charge is 0.504 e. The molecule has 118 valence electrons. The number of phenols is 1. The van der Waals surface area contributed by atoms with Crippen molar-refractivity contribution in [3.63, 3.8) is 0 Å². The summed E-state index contributed by atoms with van der Waals surface area (Å²) < 4.78 is 10.6. The van der Waals surface area contributed by atoms with Gasteiger partial charge in [-0.25, -0.2) is 4.98 Å². The zero-order chi connectivity index (χ0) is 16.4. The van der Waals surface area contributed by atoms with E-state index in [2.05, 4.69) is 11.1 Å². The van der Waals surface area contributed by atoms with Crippen LogP contribution in [0.25, 0.3) is 11.3 Å². The fraction of sp³-hybridized carbons (Fsp3) is 0.294. The van der Waals surface area contributed by atoms with Crippen LogP contribution in [-0.4, -0.2) is 30.4 Å². The van der Waals surface area contributed by atoms with Crippen molar-refractivity contribution in [2.24, 2.45) is 0 Å². The van der Waals surface area contributed by atoms with Crippen molar-refractivity contribution >= 4 is 5.82 Å². The fourth-order valence-corrected chi connectivity index (χ4v) is 2.79. The molecule has 0 bridgehead atoms. The summed E-state index contributed by atoms with van der Waals surface area (Å²) in [6.45, 7) is 1.26. The van der Waals surface area contributed by atoms with Crippen LogP contribution in [-0.2, 0) is 4.74 Å². The van der Waals surface area contributed by atoms with Crippen molar-refractivity contribution in [3.8, 4) is 28.8 Å². The van der Waals surface area contributed by atoms with Gasteiger partial charge in [-0.2, -0.15) is 5.26 Å². The molecule has 23 heavy (non-hydrogen) atoms. The fourth-order valence-electron chi connectivity index (χ4n) is 2.79. The lowest BCUT2D eigenvalue weighted by Gasteiger charge is -2.14. The quantitative estimate of drug-likeness (QED) is 0.902. The summed E-state index contributed by atoms with van der Waals surface area (Å²) in [7, 11) is 1.49. The first kappa shape index (κ1) is 15.1. The van der Waals surface area contributed by atoms with Crippen molar-refractivity contribution in [3.05, 3.63) is 35.4 Å². The third kappa shape index (κ3) is 2.79. The zero-order valence-corrected chi connectivity index (χ0v) is 12.7. The number of rotatable bonds is 3. The van der Waals surface area contributed by atoms with Gasteiger partial charge in [0.1, 0.15) is 11.9 Å². The Bertz CT molecular complexity index is 777. The number of pyridine rings is 1. The van der Waals surface area contributed by atoms with Gasteiger partial charge >= 0.3 is 0 Å². The standard InChI is InChI=1S/C17H17N3O3/c1-22-16-6-10(2-3-15(16)21)14-7-12(11-4-5-23-9-11)13(8-18)17(19)20-14/h2-3,6-7,11,21H,4-5,9H2,1H3,(H2,19,20)/t11-/m0/s1. The van der Waals surface area contributed by atoms with Crippen molar-refractivity contribution in [2.75, 3.05) is 26.1 Å². The third-order valence-electron chi connectivity index (χ3n) is 4.03. The molecule has 1 aliphatic rings. The number of benzene rings is 1. The maximum absolute atomic E-state index is 9.72. The number of hydrogen-bond donors (Lipinski definition) is 2. The molecule has 1 aromatic carbocycles. The molecule has 1 aromatic heterocycles. The second kappa shape index (κ2) is 6.15. The predicted molar refractivity (Wildman–Crippen MR) is 85.2 cm³/mol. The highest BCUT2D eigenvalue weighted by molar-refractivity contribution is 5.69. The molecule has 1 saturated heterocycles. The lowest BCUT2D eigenvalue weighted by Crippen LogP contribution is -2.07. The van der Waals surface area contributed by atoms with Gasteiger partial charge in [0.15, 0.2) is 11.5 Å². The van der Waals surface area contributed by atoms with Crippen molar-refractivity contribution in [1.29, 1.82) is 5.26 Å². The molecule has 0 saturated carbocycles. The number of methoxy groups -OCH3 is 1. The summed E-state index contributed by atoms with van der Waals surface area (Å²) in [4.78, 5) is 4.33. The zero-order valence-electron chi connectivity index (χ0n) is 12.7. The van der Waals surface area contributed by atoms with E-state index in [1.54, 1.807) is 18.2 Å². The van der Waals surface area contributed by atoms with Crippen molar-refractivity contribution < 1.29 is 14.6 Å². The van der Waals surface area contributed by atoms with Crippen LogP contribution < -0.4 is 10.5 Å². The Kier molecular flexibility index (Phi) is 4.04. The van der Waals surface area contributed by atoms with Gasteiger partial charge in [0.2, 0.25) is 0 Å². The van der Waals surface area contributed by atoms with Crippen LogP contribution >= 0.6 is 0 Å². The van der Waals surface area contributed by atoms with E-state index < -0.39 is 0 Å². The summed E-state index contributed by atoms with van der Waals surface area (Å²) in [5, 5.41) is 19.1. The molecular weight excluding hydrogens is 294 g/mol. The van der Waals surface area contributed by atoms with E-state index in [4.69, 9.17) is 15.2 Å². The topological polar surface area (TPSA) is 101 Å². The summed E-state index contributed by atoms with van der Waals surface area (Å²) in [5.41, 5.74) is 8.66. The molecule has 6 heteroatoms. The number of ether oxygens (including phenoxy) is 2. The number of nitrogens with two attached hydrogens (primary N) is 1. The molecule has 1 aliphatic heterocycles. The number of nitrogens with zero attached hydrogens (tertiary/aromatic N) is 2. The molecule has 0 aliphatic carbocycles. The van der Waals surface area contributed by atoms with E-state index in [1.165, 1.54) is 7.11 Å². The summed E-state index contributed by atoms with van der Waals surface area (Å²) >= 11 is 0. The minimum Gasteiger partial charge on any atom is -0.504 e. The molecule has 3 N–H and O–H groups in total. The van der Waals surface area contributed by atoms with Crippen LogP contribution in [0.4, 0.5) is 5.82 Å². The van der Waals surface area contributed by atoms with Crippen LogP contribution in [0.3, 0.4) is 0 Å². The van der Waals surface area contributed by atoms with Crippen molar-refractivity contribution in [1.82, 2.24) is 4.98 Å². The van der Waals surface area contributed by atoms with Gasteiger partial charge in [-0.1, -0.05) is 0 Å². The Morgan fingerprint density at radius 2 is 2.26 bits per heavy atom. The Morgan fingerprint density at radius 3 is 2.91 bits per heavy atom. The first-order valence-electron chi connectivity index (χ1n) is 7.29. The van der Waals surface area contributed by atoms with Crippen LogP contribution in [0.5, 0.6) is 11.5 Å². The average Bonchev–Trinajstić information content (AvgIpc) is 3.09. The summed E-state index contributed by atoms with van der Waals surface area (Å²) in [5.74, 6) is 0.770. The van der Waals surface area contributed by atoms with Crippen LogP contribution in [0, 0.1) is 11.3 Å². The third-order valence-corrected chi connectivity index (χ3v) is 4.03. The van der Waals surface area contributed by atoms with E-state index in [9.17, 15) is 10.4 Å². The molecule has 0 unspecified atom stereocenters. The Morgan fingerprint density at radius 1 is 1.43 bits per heavy atom. The van der Waals surface area contributed by atoms with Gasteiger partial charge in [-0.3, -0.25) is 0 Å². The Hall–Kier alpha value is -2.78. The van der Waals surface area contributed by atoms with Gasteiger partial charge in [-0.15, -0.1) is 0 Å². The van der Waals surface area contributed by atoms with E-state index in [0.717, 1.165) is 17.5 Å². The van der Waals surface area contributed by atoms with E-state index in [0.29, 0.717) is 30.2 Å². The summed E-state index contributed by atoms with van der Waals surface area (Å²) in [6, 6.07) is 8.99. The van der Waals surface area contributed by atoms with Gasteiger partial charge in [0, 0.05) is 18.1 Å². The van der Waals surface area contributed by atoms with E-state index in [-0.39, 0.29) is 17.5 Å². The highest BCUT2D eigenvalue weighted by Gasteiger charge is 2.23. The maximum atomic E-state index is 9.72. The lowest BCUT2D eigenvalue weighted by atomic mass is 9.93. The molecule has 6 nitrogen and oxygen atoms in total. The molecule has 0 spiro atoms. The van der Waals surface area contributed by atoms with Gasteiger partial charge < -0.3 is 20.3 Å². The smallest absolute Gasteiger partial charge is 0.161 e. The maximum Gasteiger partial charge on any atom is 0.161 e. The summed E-state index contributed by atoms with van der Waals surface area (Å²) in [6.07, 6.45) is 0.858. The Balaban J connectivity index is 2.12. The first-order chi connectivity index (χ1) is 11.1. The number of nitriles is 1. The monoisotopic (exact) mass is 311 g/mol. The number of aromatic hydroxyl groups is 1. The molecule has 2 aromatic rings. The molecule has 0 amide bonds. The SMILES string of the molecule is COc1cc(-c2cc([C@H]3CCOC3)c(C#N)c(N)n2)ccc1O. The highest BCUT2D eigenvalue weighted by atomic mass is 16.5. The van der Waals surface area contributed by atoms with Gasteiger partial charge in [0.25, 0.3) is 0 Å². The minimum atomic E-state index is 0.0577. The lowest BCUT2D eigenvalue weighted by molar-refractivity contribution is 0.194. The molecule has 2 heterocycles. The van der Waals surface area contributed by atoms with Crippen LogP contribution in [0.1, 0.15) is 23.5 Å². The number of aromatic nitrogens is 1. The van der Waals surface area contributed by atoms with Crippen LogP contribution in [0.15, 0.2) is 24.3 Å². The van der Waals surface area contributed by atoms with Gasteiger partial charge in [-0.05, 0) is 36.2 Å². The normalized spacial score (nSPS) is 17.0. The van der Waals surface area contributed by atoms with Gasteiger partial charge in [0.05, 0.1) is 25.0 Å². The average molecular weight is 311 g/mol. The van der Waals surface area contributed by atoms with E-state index >= 15 is 0 Å². The van der Waals surface area contributed by atoms with E-state index in [1.807, 2.05) is 6.07 Å². The number of phenolic OH excluding ortho intramolecular Hbond substituents is 1. The second-order valence-corrected chi connectivity index (χ2v) is 5.42. The first-order valence-corrected chi connectivity index (χ1v) is 7.29. The molecule has 0 radical (unpaired) electrons. The Labute approximate surface area is 134 Å². The number of anilines is 1.